The number of carboxylic acid groups (broad SMARTS) is 1. The van der Waals surface area contributed by atoms with Crippen LogP contribution in [-0.4, -0.2) is 41.7 Å². The Morgan fingerprint density at radius 3 is 2.54 bits per heavy atom. The Hall–Kier alpha value is -2.24. The van der Waals surface area contributed by atoms with Gasteiger partial charge in [-0.05, 0) is 56.3 Å². The lowest BCUT2D eigenvalue weighted by molar-refractivity contribution is -0.00262. The Balaban J connectivity index is 1.34. The topological polar surface area (TPSA) is 49.8 Å². The number of nitrogens with zero attached hydrogens (tertiary/aromatic N) is 1. The molecule has 0 bridgehead atoms. The minimum atomic E-state index is -1.06. The van der Waals surface area contributed by atoms with Crippen molar-refractivity contribution in [2.75, 3.05) is 19.6 Å². The van der Waals surface area contributed by atoms with Crippen molar-refractivity contribution < 1.29 is 19.0 Å². The van der Waals surface area contributed by atoms with Gasteiger partial charge in [0.15, 0.2) is 0 Å². The molecule has 0 saturated carbocycles. The van der Waals surface area contributed by atoms with E-state index in [-0.39, 0.29) is 5.56 Å². The maximum atomic E-state index is 13.9. The number of hydrogen-bond donors (Lipinski definition) is 1. The van der Waals surface area contributed by atoms with E-state index in [0.717, 1.165) is 45.3 Å². The van der Waals surface area contributed by atoms with Gasteiger partial charge in [0.05, 0.1) is 18.3 Å². The third-order valence-electron chi connectivity index (χ3n) is 5.36. The lowest BCUT2D eigenvalue weighted by atomic mass is 10.0. The molecule has 3 rings (SSSR count). The molecule has 0 radical (unpaired) electrons. The fraction of sp³-hybridized carbons (Fsp3) is 0.435. The molecule has 2 aromatic carbocycles. The molecule has 0 unspecified atom stereocenters. The summed E-state index contributed by atoms with van der Waals surface area (Å²) in [6.45, 7) is 3.65. The summed E-state index contributed by atoms with van der Waals surface area (Å²) in [4.78, 5) is 13.7. The molecule has 0 atom stereocenters. The van der Waals surface area contributed by atoms with Gasteiger partial charge in [0.2, 0.25) is 0 Å². The molecule has 5 heteroatoms. The van der Waals surface area contributed by atoms with Crippen LogP contribution in [-0.2, 0) is 17.8 Å². The predicted octanol–water partition coefficient (Wildman–Crippen LogP) is 4.53. The van der Waals surface area contributed by atoms with E-state index in [1.807, 2.05) is 18.2 Å². The monoisotopic (exact) mass is 385 g/mol. The average molecular weight is 385 g/mol. The van der Waals surface area contributed by atoms with Crippen molar-refractivity contribution in [1.82, 2.24) is 4.90 Å². The summed E-state index contributed by atoms with van der Waals surface area (Å²) in [7, 11) is 0. The summed E-state index contributed by atoms with van der Waals surface area (Å²) in [6.07, 6.45) is 4.56. The molecule has 1 N–H and O–H groups in total. The molecule has 150 valence electrons. The first-order chi connectivity index (χ1) is 13.6. The van der Waals surface area contributed by atoms with Crippen molar-refractivity contribution in [1.29, 1.82) is 0 Å². The number of piperidine rings is 1. The summed E-state index contributed by atoms with van der Waals surface area (Å²) in [6, 6.07) is 14.5. The number of hydrogen-bond acceptors (Lipinski definition) is 3. The van der Waals surface area contributed by atoms with E-state index < -0.39 is 11.8 Å². The van der Waals surface area contributed by atoms with E-state index in [0.29, 0.717) is 24.7 Å². The quantitative estimate of drug-likeness (QED) is 0.645. The zero-order chi connectivity index (χ0) is 19.8. The van der Waals surface area contributed by atoms with Crippen molar-refractivity contribution in [3.8, 4) is 0 Å². The van der Waals surface area contributed by atoms with E-state index in [9.17, 15) is 14.3 Å². The highest BCUT2D eigenvalue weighted by Gasteiger charge is 2.19. The van der Waals surface area contributed by atoms with Crippen LogP contribution >= 0.6 is 0 Å². The number of carbonyl (C=O) groups is 1. The smallest absolute Gasteiger partial charge is 0.336 e. The fourth-order valence-corrected chi connectivity index (χ4v) is 3.74. The van der Waals surface area contributed by atoms with Gasteiger partial charge in [-0.25, -0.2) is 9.18 Å². The minimum absolute atomic E-state index is 0.0800. The molecule has 0 aromatic heterocycles. The van der Waals surface area contributed by atoms with Crippen LogP contribution in [0.25, 0.3) is 0 Å². The Kier molecular flexibility index (Phi) is 7.57. The SMILES string of the molecule is O=C(O)c1cccc(F)c1CCCCN1CCC(OCc2ccccc2)CC1. The molecule has 1 heterocycles. The highest BCUT2D eigenvalue weighted by Crippen LogP contribution is 2.19. The van der Waals surface area contributed by atoms with Crippen LogP contribution in [0.5, 0.6) is 0 Å². The molecule has 1 fully saturated rings. The van der Waals surface area contributed by atoms with Gasteiger partial charge >= 0.3 is 5.97 Å². The maximum absolute atomic E-state index is 13.9. The lowest BCUT2D eigenvalue weighted by Gasteiger charge is -2.32. The summed E-state index contributed by atoms with van der Waals surface area (Å²) in [5, 5.41) is 9.21. The van der Waals surface area contributed by atoms with Gasteiger partial charge in [-0.15, -0.1) is 0 Å². The number of halogens is 1. The van der Waals surface area contributed by atoms with E-state index in [4.69, 9.17) is 4.74 Å². The maximum Gasteiger partial charge on any atom is 0.336 e. The third-order valence-corrected chi connectivity index (χ3v) is 5.36. The standard InChI is InChI=1S/C23H28FNO3/c24-22-11-6-10-21(23(26)27)20(22)9-4-5-14-25-15-12-19(13-16-25)28-17-18-7-2-1-3-8-18/h1-3,6-8,10-11,19H,4-5,9,12-17H2,(H,26,27). The summed E-state index contributed by atoms with van der Waals surface area (Å²) < 4.78 is 20.0. The molecular weight excluding hydrogens is 357 g/mol. The number of rotatable bonds is 9. The Labute approximate surface area is 165 Å². The molecule has 0 spiro atoms. The van der Waals surface area contributed by atoms with Gasteiger partial charge < -0.3 is 14.7 Å². The first kappa shape index (κ1) is 20.5. The Morgan fingerprint density at radius 1 is 1.07 bits per heavy atom. The van der Waals surface area contributed by atoms with Gasteiger partial charge in [0, 0.05) is 18.7 Å². The van der Waals surface area contributed by atoms with Crippen LogP contribution in [0.15, 0.2) is 48.5 Å². The number of carboxylic acids is 1. The van der Waals surface area contributed by atoms with Crippen LogP contribution in [0.3, 0.4) is 0 Å². The molecule has 28 heavy (non-hydrogen) atoms. The second-order valence-electron chi connectivity index (χ2n) is 7.37. The van der Waals surface area contributed by atoms with Gasteiger partial charge in [-0.1, -0.05) is 36.4 Å². The largest absolute Gasteiger partial charge is 0.478 e. The van der Waals surface area contributed by atoms with Crippen LogP contribution in [0.4, 0.5) is 4.39 Å². The van der Waals surface area contributed by atoms with E-state index in [2.05, 4.69) is 17.0 Å². The number of ether oxygens (including phenoxy) is 1. The lowest BCUT2D eigenvalue weighted by Crippen LogP contribution is -2.37. The van der Waals surface area contributed by atoms with Crippen molar-refractivity contribution in [2.24, 2.45) is 0 Å². The summed E-state index contributed by atoms with van der Waals surface area (Å²) in [5.74, 6) is -1.48. The average Bonchev–Trinajstić information content (AvgIpc) is 2.72. The normalized spacial score (nSPS) is 15.6. The molecule has 0 amide bonds. The number of likely N-dealkylation sites (tertiary alicyclic amines) is 1. The van der Waals surface area contributed by atoms with Crippen LogP contribution in [0, 0.1) is 5.82 Å². The van der Waals surface area contributed by atoms with E-state index >= 15 is 0 Å². The second-order valence-corrected chi connectivity index (χ2v) is 7.37. The number of unbranched alkanes of at least 4 members (excludes halogenated alkanes) is 1. The second kappa shape index (κ2) is 10.3. The van der Waals surface area contributed by atoms with Gasteiger partial charge in [-0.3, -0.25) is 0 Å². The Morgan fingerprint density at radius 2 is 1.82 bits per heavy atom. The summed E-state index contributed by atoms with van der Waals surface area (Å²) in [5.41, 5.74) is 1.61. The molecule has 2 aromatic rings. The van der Waals surface area contributed by atoms with Crippen LogP contribution in [0.1, 0.15) is 47.2 Å². The minimum Gasteiger partial charge on any atom is -0.478 e. The molecule has 0 aliphatic carbocycles. The van der Waals surface area contributed by atoms with Crippen molar-refractivity contribution in [2.45, 2.75) is 44.8 Å². The van der Waals surface area contributed by atoms with Crippen LogP contribution < -0.4 is 0 Å². The predicted molar refractivity (Wildman–Crippen MR) is 107 cm³/mol. The number of benzene rings is 2. The number of aromatic carboxylic acids is 1. The van der Waals surface area contributed by atoms with Crippen molar-refractivity contribution in [3.05, 3.63) is 71.0 Å². The zero-order valence-corrected chi connectivity index (χ0v) is 16.1. The van der Waals surface area contributed by atoms with Gasteiger partial charge in [0.1, 0.15) is 5.82 Å². The van der Waals surface area contributed by atoms with Crippen LogP contribution in [0.2, 0.25) is 0 Å². The molecule has 1 aliphatic heterocycles. The van der Waals surface area contributed by atoms with E-state index in [1.165, 1.54) is 23.8 Å². The van der Waals surface area contributed by atoms with Crippen molar-refractivity contribution in [3.63, 3.8) is 0 Å². The first-order valence-corrected chi connectivity index (χ1v) is 10.0. The van der Waals surface area contributed by atoms with Gasteiger partial charge in [0.25, 0.3) is 0 Å². The zero-order valence-electron chi connectivity index (χ0n) is 16.1. The highest BCUT2D eigenvalue weighted by atomic mass is 19.1. The molecule has 4 nitrogen and oxygen atoms in total. The Bertz CT molecular complexity index is 758. The van der Waals surface area contributed by atoms with Gasteiger partial charge in [-0.2, -0.15) is 0 Å². The molecule has 1 saturated heterocycles. The molecular formula is C23H28FNO3. The van der Waals surface area contributed by atoms with E-state index in [1.54, 1.807) is 0 Å². The summed E-state index contributed by atoms with van der Waals surface area (Å²) >= 11 is 0. The molecule has 1 aliphatic rings. The first-order valence-electron chi connectivity index (χ1n) is 10.0. The highest BCUT2D eigenvalue weighted by molar-refractivity contribution is 5.89. The third kappa shape index (κ3) is 5.88. The fourth-order valence-electron chi connectivity index (χ4n) is 3.74. The van der Waals surface area contributed by atoms with Crippen molar-refractivity contribution >= 4 is 5.97 Å².